The van der Waals surface area contributed by atoms with Gasteiger partial charge in [-0.1, -0.05) is 12.1 Å². The van der Waals surface area contributed by atoms with Crippen LogP contribution in [0.15, 0.2) is 53.4 Å². The summed E-state index contributed by atoms with van der Waals surface area (Å²) in [7, 11) is 3.83. The van der Waals surface area contributed by atoms with Gasteiger partial charge in [0.15, 0.2) is 29.4 Å². The quantitative estimate of drug-likeness (QED) is 0.420. The highest BCUT2D eigenvalue weighted by Crippen LogP contribution is 2.26. The lowest BCUT2D eigenvalue weighted by Gasteiger charge is -2.12. The van der Waals surface area contributed by atoms with Crippen molar-refractivity contribution in [2.24, 2.45) is 0 Å². The highest BCUT2D eigenvalue weighted by molar-refractivity contribution is 7.14. The lowest BCUT2D eigenvalue weighted by Crippen LogP contribution is -2.08. The van der Waals surface area contributed by atoms with Gasteiger partial charge in [-0.25, -0.2) is 9.78 Å². The normalized spacial score (nSPS) is 10.3. The smallest absolute Gasteiger partial charge is 0.358 e. The highest BCUT2D eigenvalue weighted by atomic mass is 32.1. The van der Waals surface area contributed by atoms with Crippen molar-refractivity contribution in [1.82, 2.24) is 20.0 Å². The van der Waals surface area contributed by atoms with E-state index < -0.39 is 5.97 Å². The van der Waals surface area contributed by atoms with E-state index in [0.29, 0.717) is 17.9 Å². The summed E-state index contributed by atoms with van der Waals surface area (Å²) in [5, 5.41) is 16.9. The molecule has 0 radical (unpaired) electrons. The molecule has 0 aliphatic heterocycles. The fourth-order valence-corrected chi connectivity index (χ4v) is 3.59. The minimum Gasteiger partial charge on any atom is -0.476 e. The number of ketones is 1. The number of rotatable bonds is 6. The molecule has 0 atom stereocenters. The van der Waals surface area contributed by atoms with Crippen molar-refractivity contribution in [1.29, 1.82) is 0 Å². The first-order valence-electron chi connectivity index (χ1n) is 9.44. The van der Waals surface area contributed by atoms with E-state index in [4.69, 9.17) is 15.3 Å². The maximum Gasteiger partial charge on any atom is 0.358 e. The van der Waals surface area contributed by atoms with Gasteiger partial charge < -0.3 is 20.2 Å². The number of anilines is 2. The van der Waals surface area contributed by atoms with Gasteiger partial charge in [0.1, 0.15) is 0 Å². The molecule has 4 rings (SSSR count). The second kappa shape index (κ2) is 9.88. The number of thiophene rings is 1. The van der Waals surface area contributed by atoms with Crippen LogP contribution < -0.4 is 10.6 Å². The average Bonchev–Trinajstić information content (AvgIpc) is 3.50. The highest BCUT2D eigenvalue weighted by Gasteiger charge is 2.17. The molecule has 0 aliphatic carbocycles. The zero-order valence-corrected chi connectivity index (χ0v) is 18.5. The van der Waals surface area contributed by atoms with E-state index in [-0.39, 0.29) is 17.2 Å². The van der Waals surface area contributed by atoms with Crippen LogP contribution in [-0.2, 0) is 6.54 Å². The average molecular weight is 455 g/mol. The second-order valence-corrected chi connectivity index (χ2v) is 8.07. The lowest BCUT2D eigenvalue weighted by atomic mass is 10.1. The molecule has 0 spiro atoms. The van der Waals surface area contributed by atoms with E-state index in [2.05, 4.69) is 15.2 Å². The van der Waals surface area contributed by atoms with Crippen LogP contribution in [0.2, 0.25) is 0 Å². The van der Waals surface area contributed by atoms with Gasteiger partial charge in [-0.05, 0) is 31.2 Å². The van der Waals surface area contributed by atoms with E-state index >= 15 is 0 Å². The Kier molecular flexibility index (Phi) is 7.00. The lowest BCUT2D eigenvalue weighted by molar-refractivity contribution is 0.0691. The first kappa shape index (κ1) is 22.7. The van der Waals surface area contributed by atoms with E-state index in [9.17, 15) is 9.59 Å². The molecule has 32 heavy (non-hydrogen) atoms. The van der Waals surface area contributed by atoms with Crippen molar-refractivity contribution >= 4 is 34.6 Å². The van der Waals surface area contributed by atoms with Gasteiger partial charge in [-0.15, -0.1) is 16.4 Å². The molecule has 0 aliphatic rings. The number of nitrogens with two attached hydrogens (primary N) is 1. The molecule has 1 aromatic carbocycles. The summed E-state index contributed by atoms with van der Waals surface area (Å²) in [4.78, 5) is 30.9. The molecule has 3 aromatic heterocycles. The predicted molar refractivity (Wildman–Crippen MR) is 121 cm³/mol. The van der Waals surface area contributed by atoms with Crippen molar-refractivity contribution in [2.75, 3.05) is 24.7 Å². The Morgan fingerprint density at radius 1 is 1.25 bits per heavy atom. The van der Waals surface area contributed by atoms with Crippen LogP contribution in [0.5, 0.6) is 0 Å². The molecule has 0 amide bonds. The summed E-state index contributed by atoms with van der Waals surface area (Å²) >= 11 is 1.45. The molecule has 0 unspecified atom stereocenters. The summed E-state index contributed by atoms with van der Waals surface area (Å²) < 4.78 is 5.14. The molecule has 3 heterocycles. The van der Waals surface area contributed by atoms with Crippen LogP contribution in [0.1, 0.15) is 32.0 Å². The number of hydrogen-bond donors (Lipinski definition) is 2. The summed E-state index contributed by atoms with van der Waals surface area (Å²) in [6.45, 7) is 2.11. The van der Waals surface area contributed by atoms with Gasteiger partial charge in [0.2, 0.25) is 0 Å². The number of benzene rings is 1. The van der Waals surface area contributed by atoms with Crippen LogP contribution in [0, 0.1) is 0 Å². The maximum atomic E-state index is 11.1. The minimum absolute atomic E-state index is 0.0686. The van der Waals surface area contributed by atoms with E-state index in [0.717, 1.165) is 21.8 Å². The fourth-order valence-electron chi connectivity index (χ4n) is 2.71. The predicted octanol–water partition coefficient (Wildman–Crippen LogP) is 3.28. The second-order valence-electron chi connectivity index (χ2n) is 6.90. The molecule has 4 aromatic rings. The summed E-state index contributed by atoms with van der Waals surface area (Å²) in [5.74, 6) is -0.331. The molecular formula is C21H22N6O4S. The molecule has 0 fully saturated rings. The SMILES string of the molecule is CC(=O)c1ccc(Cn2ncc(N)n2)s1.CN(C)c1cccc(-c2ocnc2C(=O)O)c1. The van der Waals surface area contributed by atoms with Gasteiger partial charge >= 0.3 is 5.97 Å². The molecule has 0 bridgehead atoms. The number of Topliss-reactive ketones (excluding diaryl/α,β-unsaturated/α-hetero) is 1. The summed E-state index contributed by atoms with van der Waals surface area (Å²) in [6, 6.07) is 11.1. The van der Waals surface area contributed by atoms with Crippen LogP contribution in [0.25, 0.3) is 11.3 Å². The Morgan fingerprint density at radius 3 is 2.62 bits per heavy atom. The molecule has 10 nitrogen and oxygen atoms in total. The monoisotopic (exact) mass is 454 g/mol. The van der Waals surface area contributed by atoms with Crippen molar-refractivity contribution in [3.63, 3.8) is 0 Å². The first-order valence-corrected chi connectivity index (χ1v) is 10.3. The van der Waals surface area contributed by atoms with Gasteiger partial charge in [0, 0.05) is 30.2 Å². The number of carboxylic acid groups (broad SMARTS) is 1. The van der Waals surface area contributed by atoms with Crippen molar-refractivity contribution in [2.45, 2.75) is 13.5 Å². The Labute approximate surface area is 187 Å². The molecule has 0 saturated heterocycles. The zero-order chi connectivity index (χ0) is 23.3. The Balaban J connectivity index is 0.000000182. The number of nitrogens with zero attached hydrogens (tertiary/aromatic N) is 5. The number of aromatic carboxylic acids is 1. The summed E-state index contributed by atoms with van der Waals surface area (Å²) in [5.41, 5.74) is 7.04. The maximum absolute atomic E-state index is 11.1. The standard InChI is InChI=1S/C12H12N2O3.C9H10N4OS/c1-14(2)9-5-3-4-8(6-9)11-10(12(15)16)13-7-17-11;1-6(14)8-3-2-7(15-8)5-13-11-4-9(10)12-13/h3-7H,1-2H3,(H,15,16);2-4H,5H2,1H3,(H2,10,12). The summed E-state index contributed by atoms with van der Waals surface area (Å²) in [6.07, 6.45) is 2.64. The van der Waals surface area contributed by atoms with Crippen LogP contribution in [0.3, 0.4) is 0 Å². The number of nitrogen functional groups attached to an aromatic ring is 1. The van der Waals surface area contributed by atoms with Crippen LogP contribution in [-0.4, -0.2) is 50.9 Å². The minimum atomic E-state index is -1.09. The van der Waals surface area contributed by atoms with Gasteiger partial charge in [0.25, 0.3) is 0 Å². The van der Waals surface area contributed by atoms with Crippen molar-refractivity contribution in [3.05, 3.63) is 64.4 Å². The van der Waals surface area contributed by atoms with E-state index in [1.54, 1.807) is 13.0 Å². The third kappa shape index (κ3) is 5.58. The van der Waals surface area contributed by atoms with Crippen molar-refractivity contribution < 1.29 is 19.1 Å². The third-order valence-electron chi connectivity index (χ3n) is 4.25. The topological polar surface area (TPSA) is 140 Å². The van der Waals surface area contributed by atoms with Gasteiger partial charge in [0.05, 0.1) is 17.6 Å². The van der Waals surface area contributed by atoms with Crippen LogP contribution >= 0.6 is 11.3 Å². The number of carboxylic acids is 1. The molecule has 0 saturated carbocycles. The number of oxazole rings is 1. The van der Waals surface area contributed by atoms with Gasteiger partial charge in [-0.3, -0.25) is 4.79 Å². The Hall–Kier alpha value is -3.99. The van der Waals surface area contributed by atoms with Crippen molar-refractivity contribution in [3.8, 4) is 11.3 Å². The number of carbonyl (C=O) groups is 2. The first-order chi connectivity index (χ1) is 15.2. The molecule has 11 heteroatoms. The Bertz CT molecular complexity index is 1230. The van der Waals surface area contributed by atoms with Gasteiger partial charge in [-0.2, -0.15) is 9.90 Å². The number of hydrogen-bond acceptors (Lipinski definition) is 9. The van der Waals surface area contributed by atoms with E-state index in [1.807, 2.05) is 49.3 Å². The molecular weight excluding hydrogens is 432 g/mol. The van der Waals surface area contributed by atoms with Crippen LogP contribution in [0.4, 0.5) is 11.5 Å². The third-order valence-corrected chi connectivity index (χ3v) is 5.43. The number of carbonyl (C=O) groups excluding carboxylic acids is 1. The fraction of sp³-hybridized carbons (Fsp3) is 0.190. The van der Waals surface area contributed by atoms with E-state index in [1.165, 1.54) is 22.3 Å². The molecule has 3 N–H and O–H groups in total. The number of aromatic nitrogens is 4. The largest absolute Gasteiger partial charge is 0.476 e. The Morgan fingerprint density at radius 2 is 2.03 bits per heavy atom. The molecule has 166 valence electrons. The zero-order valence-electron chi connectivity index (χ0n) is 17.7.